The van der Waals surface area contributed by atoms with Crippen LogP contribution in [0.2, 0.25) is 0 Å². The van der Waals surface area contributed by atoms with Crippen LogP contribution in [-0.2, 0) is 11.2 Å². The smallest absolute Gasteiger partial charge is 0.219 e. The molecule has 0 saturated heterocycles. The van der Waals surface area contributed by atoms with Gasteiger partial charge >= 0.3 is 0 Å². The van der Waals surface area contributed by atoms with E-state index in [4.69, 9.17) is 4.74 Å². The van der Waals surface area contributed by atoms with E-state index in [9.17, 15) is 4.79 Å². The second kappa shape index (κ2) is 5.24. The van der Waals surface area contributed by atoms with Crippen molar-refractivity contribution in [3.05, 3.63) is 29.3 Å². The molecule has 1 N–H and O–H groups in total. The first-order valence-electron chi connectivity index (χ1n) is 7.31. The summed E-state index contributed by atoms with van der Waals surface area (Å²) in [7, 11) is 0. The highest BCUT2D eigenvalue weighted by Gasteiger charge is 2.40. The molecule has 1 aliphatic carbocycles. The Labute approximate surface area is 114 Å². The molecule has 1 amide bonds. The minimum Gasteiger partial charge on any atom is -0.493 e. The zero-order valence-electron chi connectivity index (χ0n) is 11.4. The molecule has 0 radical (unpaired) electrons. The number of rotatable bonds is 4. The van der Waals surface area contributed by atoms with Crippen molar-refractivity contribution in [3.63, 3.8) is 0 Å². The van der Waals surface area contributed by atoms with Crippen molar-refractivity contribution in [3.8, 4) is 5.75 Å². The van der Waals surface area contributed by atoms with E-state index >= 15 is 0 Å². The fourth-order valence-electron chi connectivity index (χ4n) is 2.99. The zero-order valence-corrected chi connectivity index (χ0v) is 11.4. The summed E-state index contributed by atoms with van der Waals surface area (Å²) in [5.41, 5.74) is 2.86. The molecule has 1 aliphatic heterocycles. The highest BCUT2D eigenvalue weighted by Crippen LogP contribution is 2.50. The second-order valence-electron chi connectivity index (χ2n) is 5.54. The summed E-state index contributed by atoms with van der Waals surface area (Å²) < 4.78 is 5.72. The number of fused-ring (bicyclic) bond motifs is 1. The molecule has 2 aliphatic rings. The predicted molar refractivity (Wildman–Crippen MR) is 74.4 cm³/mol. The van der Waals surface area contributed by atoms with Gasteiger partial charge < -0.3 is 10.1 Å². The normalized spacial score (nSPS) is 24.3. The van der Waals surface area contributed by atoms with E-state index in [1.807, 2.05) is 6.92 Å². The number of hydrogen-bond acceptors (Lipinski definition) is 2. The lowest BCUT2D eigenvalue weighted by Gasteiger charge is -2.20. The molecular formula is C16H21NO2. The molecule has 2 atom stereocenters. The van der Waals surface area contributed by atoms with Gasteiger partial charge in [0.25, 0.3) is 0 Å². The molecule has 0 unspecified atom stereocenters. The number of amides is 1. The van der Waals surface area contributed by atoms with Crippen LogP contribution in [0.3, 0.4) is 0 Å². The van der Waals surface area contributed by atoms with Crippen molar-refractivity contribution >= 4 is 5.91 Å². The SMILES string of the molecule is CCC(=O)NC[C@@H]1C[C@H]1c1cccc2c1CCCO2. The van der Waals surface area contributed by atoms with Gasteiger partial charge in [-0.25, -0.2) is 0 Å². The monoisotopic (exact) mass is 259 g/mol. The minimum atomic E-state index is 0.157. The maximum absolute atomic E-state index is 11.3. The van der Waals surface area contributed by atoms with Gasteiger partial charge in [0.1, 0.15) is 5.75 Å². The van der Waals surface area contributed by atoms with Crippen molar-refractivity contribution in [1.29, 1.82) is 0 Å². The molecule has 3 nitrogen and oxygen atoms in total. The Bertz CT molecular complexity index is 484. The quantitative estimate of drug-likeness (QED) is 0.902. The standard InChI is InChI=1S/C16H21NO2/c1-2-16(18)17-10-11-9-14(11)12-5-3-7-15-13(12)6-4-8-19-15/h3,5,7,11,14H,2,4,6,8-10H2,1H3,(H,17,18)/t11-,14+/m0/s1. The van der Waals surface area contributed by atoms with E-state index in [0.29, 0.717) is 18.3 Å². The summed E-state index contributed by atoms with van der Waals surface area (Å²) in [5, 5.41) is 3.00. The van der Waals surface area contributed by atoms with Crippen LogP contribution in [0.25, 0.3) is 0 Å². The van der Waals surface area contributed by atoms with Crippen molar-refractivity contribution in [2.24, 2.45) is 5.92 Å². The van der Waals surface area contributed by atoms with E-state index in [0.717, 1.165) is 31.7 Å². The summed E-state index contributed by atoms with van der Waals surface area (Å²) in [4.78, 5) is 11.3. The minimum absolute atomic E-state index is 0.157. The molecule has 102 valence electrons. The summed E-state index contributed by atoms with van der Waals surface area (Å²) in [6.45, 7) is 3.56. The summed E-state index contributed by atoms with van der Waals surface area (Å²) in [6.07, 6.45) is 4.02. The zero-order chi connectivity index (χ0) is 13.2. The van der Waals surface area contributed by atoms with Crippen molar-refractivity contribution in [2.75, 3.05) is 13.2 Å². The third-order valence-corrected chi connectivity index (χ3v) is 4.20. The predicted octanol–water partition coefficient (Wildman–Crippen LogP) is 2.64. The molecule has 1 saturated carbocycles. The highest BCUT2D eigenvalue weighted by molar-refractivity contribution is 5.75. The maximum atomic E-state index is 11.3. The van der Waals surface area contributed by atoms with Gasteiger partial charge in [0.15, 0.2) is 0 Å². The van der Waals surface area contributed by atoms with Crippen LogP contribution >= 0.6 is 0 Å². The first-order chi connectivity index (χ1) is 9.29. The molecule has 3 heteroatoms. The van der Waals surface area contributed by atoms with Crippen LogP contribution < -0.4 is 10.1 Å². The fraction of sp³-hybridized carbons (Fsp3) is 0.562. The third kappa shape index (κ3) is 2.60. The summed E-state index contributed by atoms with van der Waals surface area (Å²) in [5.74, 6) is 2.47. The Balaban J connectivity index is 1.66. The molecule has 0 bridgehead atoms. The van der Waals surface area contributed by atoms with E-state index in [2.05, 4.69) is 23.5 Å². The third-order valence-electron chi connectivity index (χ3n) is 4.20. The van der Waals surface area contributed by atoms with E-state index in [-0.39, 0.29) is 5.91 Å². The average molecular weight is 259 g/mol. The topological polar surface area (TPSA) is 38.3 Å². The van der Waals surface area contributed by atoms with E-state index in [1.165, 1.54) is 17.5 Å². The van der Waals surface area contributed by atoms with Gasteiger partial charge in [-0.2, -0.15) is 0 Å². The molecule has 0 aromatic heterocycles. The fourth-order valence-corrected chi connectivity index (χ4v) is 2.99. The molecule has 1 aromatic rings. The van der Waals surface area contributed by atoms with Crippen LogP contribution in [0, 0.1) is 5.92 Å². The Morgan fingerprint density at radius 1 is 1.47 bits per heavy atom. The van der Waals surface area contributed by atoms with Gasteiger partial charge in [0, 0.05) is 13.0 Å². The first-order valence-corrected chi connectivity index (χ1v) is 7.31. The van der Waals surface area contributed by atoms with Crippen molar-refractivity contribution < 1.29 is 9.53 Å². The Morgan fingerprint density at radius 3 is 3.21 bits per heavy atom. The van der Waals surface area contributed by atoms with Crippen LogP contribution in [0.15, 0.2) is 18.2 Å². The number of benzene rings is 1. The van der Waals surface area contributed by atoms with Gasteiger partial charge in [0.05, 0.1) is 6.61 Å². The maximum Gasteiger partial charge on any atom is 0.219 e. The lowest BCUT2D eigenvalue weighted by atomic mass is 9.96. The molecule has 1 fully saturated rings. The van der Waals surface area contributed by atoms with E-state index in [1.54, 1.807) is 0 Å². The first kappa shape index (κ1) is 12.5. The van der Waals surface area contributed by atoms with Crippen molar-refractivity contribution in [2.45, 2.75) is 38.5 Å². The lowest BCUT2D eigenvalue weighted by Crippen LogP contribution is -2.24. The van der Waals surface area contributed by atoms with E-state index < -0.39 is 0 Å². The summed E-state index contributed by atoms with van der Waals surface area (Å²) >= 11 is 0. The van der Waals surface area contributed by atoms with Crippen LogP contribution in [0.1, 0.15) is 43.2 Å². The van der Waals surface area contributed by atoms with Crippen LogP contribution in [0.4, 0.5) is 0 Å². The van der Waals surface area contributed by atoms with Crippen LogP contribution in [0.5, 0.6) is 5.75 Å². The number of carbonyl (C=O) groups is 1. The molecule has 3 rings (SSSR count). The molecule has 0 spiro atoms. The molecule has 1 heterocycles. The number of nitrogens with one attached hydrogen (secondary N) is 1. The summed E-state index contributed by atoms with van der Waals surface area (Å²) in [6, 6.07) is 6.41. The Hall–Kier alpha value is -1.51. The molecular weight excluding hydrogens is 238 g/mol. The molecule has 1 aromatic carbocycles. The Kier molecular flexibility index (Phi) is 3.45. The van der Waals surface area contributed by atoms with Gasteiger partial charge in [0.2, 0.25) is 5.91 Å². The number of ether oxygens (including phenoxy) is 1. The van der Waals surface area contributed by atoms with Gasteiger partial charge in [-0.15, -0.1) is 0 Å². The number of hydrogen-bond donors (Lipinski definition) is 1. The van der Waals surface area contributed by atoms with Crippen LogP contribution in [-0.4, -0.2) is 19.1 Å². The average Bonchev–Trinajstić information content (AvgIpc) is 3.23. The second-order valence-corrected chi connectivity index (χ2v) is 5.54. The highest BCUT2D eigenvalue weighted by atomic mass is 16.5. The van der Waals surface area contributed by atoms with Crippen molar-refractivity contribution in [1.82, 2.24) is 5.32 Å². The van der Waals surface area contributed by atoms with Gasteiger partial charge in [-0.3, -0.25) is 4.79 Å². The lowest BCUT2D eigenvalue weighted by molar-refractivity contribution is -0.120. The Morgan fingerprint density at radius 2 is 2.37 bits per heavy atom. The van der Waals surface area contributed by atoms with Gasteiger partial charge in [-0.1, -0.05) is 19.1 Å². The van der Waals surface area contributed by atoms with Gasteiger partial charge in [-0.05, 0) is 48.3 Å². The number of carbonyl (C=O) groups excluding carboxylic acids is 1. The largest absolute Gasteiger partial charge is 0.493 e. The molecule has 19 heavy (non-hydrogen) atoms.